The Morgan fingerprint density at radius 3 is 1.36 bits per heavy atom. The second kappa shape index (κ2) is 26.4. The largest absolute Gasteiger partial charge is 0.135 e. The Morgan fingerprint density at radius 1 is 0.275 bits per heavy atom. The summed E-state index contributed by atoms with van der Waals surface area (Å²) in [5, 5.41) is 11.2. The number of rotatable bonds is 8. The summed E-state index contributed by atoms with van der Waals surface area (Å²) in [6.07, 6.45) is 0. The summed E-state index contributed by atoms with van der Waals surface area (Å²) in [5.74, 6) is 0. The second-order valence-electron chi connectivity index (χ2n) is 26.2. The van der Waals surface area contributed by atoms with Gasteiger partial charge in [0, 0.05) is 70.7 Å². The molecule has 0 fully saturated rings. The van der Waals surface area contributed by atoms with E-state index < -0.39 is 0 Å². The Bertz CT molecular complexity index is 6950. The third-order valence-electron chi connectivity index (χ3n) is 20.3. The third kappa shape index (κ3) is 10.7. The van der Waals surface area contributed by atoms with E-state index in [9.17, 15) is 4.11 Å². The molecule has 0 nitrogen and oxygen atoms in total. The predicted molar refractivity (Wildman–Crippen MR) is 465 cm³/mol. The van der Waals surface area contributed by atoms with Crippen LogP contribution in [0.25, 0.3) is 184 Å². The minimum atomic E-state index is -0.0459. The molecular weight excluding hydrogens is 1270 g/mol. The first-order valence-electron chi connectivity index (χ1n) is 47.6. The summed E-state index contributed by atoms with van der Waals surface area (Å²) in [4.78, 5) is 0. The molecule has 0 spiro atoms. The minimum absolute atomic E-state index is 0.0459. The molecular formula is C100H90S2. The zero-order valence-corrected chi connectivity index (χ0v) is 58.8. The van der Waals surface area contributed by atoms with Gasteiger partial charge in [-0.15, -0.1) is 22.7 Å². The van der Waals surface area contributed by atoms with Gasteiger partial charge in [-0.1, -0.05) is 363 Å². The first-order valence-corrected chi connectivity index (χ1v) is 35.3. The Morgan fingerprint density at radius 2 is 0.725 bits per heavy atom. The summed E-state index contributed by atoms with van der Waals surface area (Å²) < 4.78 is 164. The van der Waals surface area contributed by atoms with Gasteiger partial charge in [0.25, 0.3) is 0 Å². The smallest absolute Gasteiger partial charge is 0.0644 e. The van der Waals surface area contributed by atoms with Crippen LogP contribution < -0.4 is 0 Å². The molecule has 1 aliphatic carbocycles. The van der Waals surface area contributed by atoms with Crippen molar-refractivity contribution in [1.29, 1.82) is 0 Å². The van der Waals surface area contributed by atoms with Gasteiger partial charge in [-0.3, -0.25) is 0 Å². The van der Waals surface area contributed by atoms with Crippen LogP contribution in [-0.4, -0.2) is 0 Å². The van der Waals surface area contributed by atoms with Crippen LogP contribution in [0.2, 0.25) is 0 Å². The highest BCUT2D eigenvalue weighted by molar-refractivity contribution is 7.26. The number of benzene rings is 17. The number of hydrogen-bond acceptors (Lipinski definition) is 2. The molecule has 2 heteroatoms. The van der Waals surface area contributed by atoms with Gasteiger partial charge >= 0.3 is 0 Å². The average Bonchev–Trinajstić information content (AvgIpc) is 1.52. The fourth-order valence-corrected chi connectivity index (χ4v) is 18.0. The molecule has 17 aromatic carbocycles. The third-order valence-corrected chi connectivity index (χ3v) is 22.6. The van der Waals surface area contributed by atoms with Gasteiger partial charge in [-0.05, 0) is 179 Å². The Balaban J connectivity index is 0.000000242. The standard InChI is InChI=1S/C53H36S.C44H28S.3CH4.7H2/c1-53(2)46-22-12-10-16-39(46)45-32-36(28-31-47(45)53)38-30-29-37(51-44-21-11-13-23-48(44)54-52(38)51)33-24-26-35(27-25-33)50-42-19-8-6-17-40(42)49(34-14-4-3-5-15-34)41-18-7-9-20-43(41)50;1-3-11-29(12-4-1)33-23-25-35-36-26-24-34(28-42(36)45-41(35)27-33)30-19-21-32(22-20-30)44-39-17-9-7-15-37(39)43(31-13-5-2-6-14-31)38-16-8-10-18-40(38)44;;;;;;;;;;/h3-32H,1-2H3;1-28H;3*1H4;7*1H/i6D,9D,17D,20D;15D,24D,26D,28D;3*1D;7*1+1D. The van der Waals surface area contributed by atoms with Crippen LogP contribution in [0.1, 0.15) is 83.0 Å². The molecule has 0 amide bonds. The van der Waals surface area contributed by atoms with Crippen LogP contribution in [-0.2, 0) is 5.41 Å². The van der Waals surface area contributed by atoms with E-state index in [1.807, 2.05) is 121 Å². The van der Waals surface area contributed by atoms with Gasteiger partial charge in [0.05, 0.1) is 11.0 Å². The molecule has 0 saturated carbocycles. The van der Waals surface area contributed by atoms with Crippen molar-refractivity contribution in [1.82, 2.24) is 0 Å². The summed E-state index contributed by atoms with van der Waals surface area (Å²) in [5.41, 5.74) is 21.1. The second-order valence-corrected chi connectivity index (χ2v) is 28.3. The van der Waals surface area contributed by atoms with Crippen molar-refractivity contribution in [3.05, 3.63) is 363 Å². The van der Waals surface area contributed by atoms with Crippen LogP contribution in [0.5, 0.6) is 0 Å². The monoisotopic (exact) mass is 1380 g/mol. The lowest BCUT2D eigenvalue weighted by Gasteiger charge is -2.21. The lowest BCUT2D eigenvalue weighted by atomic mass is 9.82. The molecule has 502 valence electrons. The van der Waals surface area contributed by atoms with Crippen LogP contribution in [0.4, 0.5) is 0 Å². The molecule has 20 rings (SSSR count). The molecule has 102 heavy (non-hydrogen) atoms. The molecule has 19 aromatic rings. The highest BCUT2D eigenvalue weighted by Gasteiger charge is 2.35. The minimum Gasteiger partial charge on any atom is -0.135 e. The van der Waals surface area contributed by atoms with Crippen molar-refractivity contribution < 1.29 is 35.9 Å². The summed E-state index contributed by atoms with van der Waals surface area (Å²) in [6, 6.07) is 105. The molecule has 0 radical (unpaired) electrons. The molecule has 0 aliphatic heterocycles. The maximum absolute atomic E-state index is 9.31. The molecule has 1 aliphatic rings. The van der Waals surface area contributed by atoms with Crippen LogP contribution >= 0.6 is 22.7 Å². The van der Waals surface area contributed by atoms with Gasteiger partial charge in [0.15, 0.2) is 0 Å². The zero-order chi connectivity index (χ0) is 92.7. The summed E-state index contributed by atoms with van der Waals surface area (Å²) in [7, 11) is 3.75. The maximum Gasteiger partial charge on any atom is 0.0644 e. The number of thiophene rings is 2. The first kappa shape index (κ1) is 47.3. The Hall–Kier alpha value is -11.8. The van der Waals surface area contributed by atoms with Gasteiger partial charge in [0.2, 0.25) is 0 Å². The average molecular weight is 1380 g/mol. The molecule has 0 bridgehead atoms. The van der Waals surface area contributed by atoms with Crippen molar-refractivity contribution in [3.8, 4) is 100 Å². The van der Waals surface area contributed by atoms with Gasteiger partial charge in [-0.25, -0.2) is 0 Å². The van der Waals surface area contributed by atoms with Crippen molar-refractivity contribution >= 4 is 106 Å². The SMILES string of the molecule is [2H]C.[2H]C.[2H]C.[2H][2H].[2H][2H].[2H][2H].[2H][2H].[2H][2H].[2H][2H].[2H][2H].[2H]c1c(-c2ccc(-c3c4ccccc4c(-c4ccccc4)c4c([2H])cccc34)cc2)c([2H])c2sc3cc(-c4ccccc4)ccc3c2c1[2H].[2H]c1ccc2c(-c3ccc(-c4ccc(-c5ccc6c(c5)-c5ccccc5C6(C)C)c5sc6ccccc6c45)cc3)c3c([2H])c([2H])ccc3c(-c3ccccc3)c2c1[2H]. The van der Waals surface area contributed by atoms with Crippen LogP contribution in [0.3, 0.4) is 0 Å². The van der Waals surface area contributed by atoms with E-state index >= 15 is 0 Å². The molecule has 2 aromatic heterocycles. The molecule has 0 N–H and O–H groups in total. The molecule has 0 atom stereocenters. The predicted octanol–water partition coefficient (Wildman–Crippen LogP) is 32.0. The normalized spacial score (nSPS) is 13.9. The van der Waals surface area contributed by atoms with Gasteiger partial charge in [0.1, 0.15) is 0 Å². The van der Waals surface area contributed by atoms with Crippen molar-refractivity contribution in [3.63, 3.8) is 0 Å². The number of fused-ring (bicyclic) bond motifs is 13. The lowest BCUT2D eigenvalue weighted by molar-refractivity contribution is 0.660. The maximum atomic E-state index is 9.31. The quantitative estimate of drug-likeness (QED) is 0.133. The molecule has 0 saturated heterocycles. The highest BCUT2D eigenvalue weighted by atomic mass is 32.1. The van der Waals surface area contributed by atoms with E-state index in [0.717, 1.165) is 119 Å². The van der Waals surface area contributed by atoms with E-state index in [1.165, 1.54) is 87.1 Å². The van der Waals surface area contributed by atoms with Gasteiger partial charge in [-0.2, -0.15) is 0 Å². The van der Waals surface area contributed by atoms with E-state index in [4.69, 9.17) is 31.8 Å². The summed E-state index contributed by atoms with van der Waals surface area (Å²) >= 11 is 3.37. The van der Waals surface area contributed by atoms with E-state index in [0.29, 0.717) is 27.8 Å². The first-order chi connectivity index (χ1) is 62.2. The fraction of sp³-hybridized carbons (Fsp3) is 0.0600. The van der Waals surface area contributed by atoms with Crippen molar-refractivity contribution in [2.24, 2.45) is 0 Å². The highest BCUT2D eigenvalue weighted by Crippen LogP contribution is 2.53. The zero-order valence-electron chi connectivity index (χ0n) is 82.2. The van der Waals surface area contributed by atoms with Gasteiger partial charge < -0.3 is 0 Å². The molecule has 0 unspecified atom stereocenters. The van der Waals surface area contributed by atoms with E-state index in [2.05, 4.69) is 196 Å². The van der Waals surface area contributed by atoms with E-state index in [-0.39, 0.29) is 47.7 Å². The fourth-order valence-electron chi connectivity index (χ4n) is 15.7. The number of hydrogen-bond donors (Lipinski definition) is 0. The van der Waals surface area contributed by atoms with Crippen LogP contribution in [0.15, 0.2) is 352 Å². The molecule has 2 heterocycles. The summed E-state index contributed by atoms with van der Waals surface area (Å²) in [6.45, 7) is 4.65. The Kier molecular flexibility index (Phi) is 12.2. The van der Waals surface area contributed by atoms with Crippen LogP contribution in [0, 0.1) is 0 Å². The van der Waals surface area contributed by atoms with Crippen molar-refractivity contribution in [2.75, 3.05) is 0 Å². The lowest BCUT2D eigenvalue weighted by Crippen LogP contribution is -2.14. The Labute approximate surface area is 643 Å². The van der Waals surface area contributed by atoms with Crippen molar-refractivity contribution in [2.45, 2.75) is 41.5 Å². The topological polar surface area (TPSA) is 0 Å². The van der Waals surface area contributed by atoms with E-state index in [1.54, 1.807) is 12.1 Å².